The number of hydrogen-bond acceptors (Lipinski definition) is 6. The van der Waals surface area contributed by atoms with E-state index in [4.69, 9.17) is 14.2 Å². The molecule has 0 radical (unpaired) electrons. The Morgan fingerprint density at radius 2 is 1.83 bits per heavy atom. The second-order valence-corrected chi connectivity index (χ2v) is 5.63. The Bertz CT molecular complexity index is 550. The number of nitrogens with one attached hydrogen (secondary N) is 1. The molecule has 0 bridgehead atoms. The molecule has 0 aliphatic heterocycles. The number of rotatable bonds is 6. The molecule has 0 spiro atoms. The number of methoxy groups -OCH3 is 2. The van der Waals surface area contributed by atoms with Gasteiger partial charge < -0.3 is 24.3 Å². The van der Waals surface area contributed by atoms with Crippen molar-refractivity contribution in [1.82, 2.24) is 5.32 Å². The van der Waals surface area contributed by atoms with E-state index >= 15 is 0 Å². The number of esters is 1. The van der Waals surface area contributed by atoms with Crippen molar-refractivity contribution in [2.45, 2.75) is 26.4 Å². The fourth-order valence-corrected chi connectivity index (χ4v) is 1.66. The molecule has 23 heavy (non-hydrogen) atoms. The molecule has 1 N–H and O–H groups in total. The van der Waals surface area contributed by atoms with E-state index in [2.05, 4.69) is 10.1 Å². The van der Waals surface area contributed by atoms with Gasteiger partial charge >= 0.3 is 12.1 Å². The van der Waals surface area contributed by atoms with Gasteiger partial charge in [0.1, 0.15) is 12.2 Å². The molecular weight excluding hydrogens is 302 g/mol. The minimum atomic E-state index is -0.544. The van der Waals surface area contributed by atoms with Crippen molar-refractivity contribution in [3.05, 3.63) is 23.8 Å². The van der Waals surface area contributed by atoms with E-state index < -0.39 is 17.7 Å². The maximum atomic E-state index is 11.5. The molecule has 0 saturated carbocycles. The van der Waals surface area contributed by atoms with E-state index in [1.54, 1.807) is 32.9 Å². The first-order chi connectivity index (χ1) is 10.8. The second-order valence-electron chi connectivity index (χ2n) is 5.63. The van der Waals surface area contributed by atoms with Crippen LogP contribution < -0.4 is 14.8 Å². The minimum Gasteiger partial charge on any atom is -0.493 e. The highest BCUT2D eigenvalue weighted by atomic mass is 16.6. The van der Waals surface area contributed by atoms with Gasteiger partial charge in [-0.2, -0.15) is 0 Å². The largest absolute Gasteiger partial charge is 0.493 e. The Kier molecular flexibility index (Phi) is 6.68. The third-order valence-electron chi connectivity index (χ3n) is 2.61. The van der Waals surface area contributed by atoms with Crippen LogP contribution in [0.5, 0.6) is 11.5 Å². The van der Waals surface area contributed by atoms with E-state index in [1.807, 2.05) is 0 Å². The van der Waals surface area contributed by atoms with Crippen molar-refractivity contribution >= 4 is 12.1 Å². The SMILES string of the molecule is COC(=O)c1ccc(OCCNC(=O)OC(C)(C)C)c(OC)c1. The molecule has 0 unspecified atom stereocenters. The van der Waals surface area contributed by atoms with Gasteiger partial charge in [0.05, 0.1) is 26.3 Å². The van der Waals surface area contributed by atoms with Crippen molar-refractivity contribution in [2.24, 2.45) is 0 Å². The summed E-state index contributed by atoms with van der Waals surface area (Å²) in [4.78, 5) is 22.9. The third-order valence-corrected chi connectivity index (χ3v) is 2.61. The lowest BCUT2D eigenvalue weighted by molar-refractivity contribution is 0.0518. The van der Waals surface area contributed by atoms with Gasteiger partial charge in [-0.3, -0.25) is 0 Å². The van der Waals surface area contributed by atoms with Gasteiger partial charge in [0.15, 0.2) is 11.5 Å². The lowest BCUT2D eigenvalue weighted by atomic mass is 10.2. The molecule has 1 rings (SSSR count). The molecule has 0 aliphatic carbocycles. The Labute approximate surface area is 135 Å². The molecule has 1 aromatic rings. The summed E-state index contributed by atoms with van der Waals surface area (Å²) in [5.74, 6) is 0.415. The topological polar surface area (TPSA) is 83.1 Å². The zero-order chi connectivity index (χ0) is 17.5. The highest BCUT2D eigenvalue weighted by Crippen LogP contribution is 2.28. The van der Waals surface area contributed by atoms with Crippen LogP contribution in [0.4, 0.5) is 4.79 Å². The third kappa shape index (κ3) is 6.46. The average Bonchev–Trinajstić information content (AvgIpc) is 2.49. The number of hydrogen-bond donors (Lipinski definition) is 1. The van der Waals surface area contributed by atoms with E-state index in [0.717, 1.165) is 0 Å². The number of carbonyl (C=O) groups is 2. The van der Waals surface area contributed by atoms with Gasteiger partial charge in [-0.05, 0) is 39.0 Å². The summed E-state index contributed by atoms with van der Waals surface area (Å²) >= 11 is 0. The van der Waals surface area contributed by atoms with Crippen molar-refractivity contribution in [2.75, 3.05) is 27.4 Å². The first-order valence-electron chi connectivity index (χ1n) is 7.13. The van der Waals surface area contributed by atoms with Crippen LogP contribution >= 0.6 is 0 Å². The summed E-state index contributed by atoms with van der Waals surface area (Å²) in [5.41, 5.74) is -0.179. The summed E-state index contributed by atoms with van der Waals surface area (Å²) in [7, 11) is 2.78. The molecule has 0 fully saturated rings. The van der Waals surface area contributed by atoms with Gasteiger partial charge in [0.2, 0.25) is 0 Å². The van der Waals surface area contributed by atoms with Gasteiger partial charge in [0, 0.05) is 0 Å². The molecule has 1 amide bonds. The fourth-order valence-electron chi connectivity index (χ4n) is 1.66. The highest BCUT2D eigenvalue weighted by Gasteiger charge is 2.16. The van der Waals surface area contributed by atoms with E-state index in [0.29, 0.717) is 17.1 Å². The van der Waals surface area contributed by atoms with Crippen LogP contribution in [0, 0.1) is 0 Å². The molecule has 0 heterocycles. The van der Waals surface area contributed by atoms with Crippen molar-refractivity contribution in [1.29, 1.82) is 0 Å². The monoisotopic (exact) mass is 325 g/mol. The maximum Gasteiger partial charge on any atom is 0.407 e. The molecule has 1 aromatic carbocycles. The summed E-state index contributed by atoms with van der Waals surface area (Å²) in [5, 5.41) is 2.58. The molecule has 0 atom stereocenters. The van der Waals surface area contributed by atoms with Gasteiger partial charge in [-0.25, -0.2) is 9.59 Å². The van der Waals surface area contributed by atoms with E-state index in [1.165, 1.54) is 20.3 Å². The average molecular weight is 325 g/mol. The van der Waals surface area contributed by atoms with Crippen LogP contribution in [-0.4, -0.2) is 45.0 Å². The lowest BCUT2D eigenvalue weighted by Gasteiger charge is -2.19. The number of alkyl carbamates (subject to hydrolysis) is 1. The van der Waals surface area contributed by atoms with Gasteiger partial charge in [-0.15, -0.1) is 0 Å². The Balaban J connectivity index is 2.52. The smallest absolute Gasteiger partial charge is 0.407 e. The van der Waals surface area contributed by atoms with E-state index in [9.17, 15) is 9.59 Å². The fraction of sp³-hybridized carbons (Fsp3) is 0.500. The van der Waals surface area contributed by atoms with Crippen LogP contribution in [-0.2, 0) is 9.47 Å². The number of amides is 1. The van der Waals surface area contributed by atoms with Crippen molar-refractivity contribution < 1.29 is 28.5 Å². The molecule has 0 saturated heterocycles. The van der Waals surface area contributed by atoms with Crippen LogP contribution in [0.15, 0.2) is 18.2 Å². The standard InChI is InChI=1S/C16H23NO6/c1-16(2,3)23-15(19)17-8-9-22-12-7-6-11(14(18)21-5)10-13(12)20-4/h6-7,10H,8-9H2,1-5H3,(H,17,19). The quantitative estimate of drug-likeness (QED) is 0.639. The van der Waals surface area contributed by atoms with Crippen LogP contribution in [0.3, 0.4) is 0 Å². The zero-order valence-corrected chi connectivity index (χ0v) is 14.1. The zero-order valence-electron chi connectivity index (χ0n) is 14.1. The minimum absolute atomic E-state index is 0.229. The number of benzene rings is 1. The Morgan fingerprint density at radius 3 is 2.39 bits per heavy atom. The number of ether oxygens (including phenoxy) is 4. The van der Waals surface area contributed by atoms with Crippen LogP contribution in [0.2, 0.25) is 0 Å². The van der Waals surface area contributed by atoms with Gasteiger partial charge in [-0.1, -0.05) is 0 Å². The van der Waals surface area contributed by atoms with Crippen molar-refractivity contribution in [3.63, 3.8) is 0 Å². The van der Waals surface area contributed by atoms with Gasteiger partial charge in [0.25, 0.3) is 0 Å². The predicted molar refractivity (Wildman–Crippen MR) is 84.1 cm³/mol. The summed E-state index contributed by atoms with van der Waals surface area (Å²) < 4.78 is 20.5. The highest BCUT2D eigenvalue weighted by molar-refractivity contribution is 5.90. The molecule has 7 nitrogen and oxygen atoms in total. The van der Waals surface area contributed by atoms with E-state index in [-0.39, 0.29) is 13.2 Å². The summed E-state index contributed by atoms with van der Waals surface area (Å²) in [6, 6.07) is 4.71. The molecule has 128 valence electrons. The lowest BCUT2D eigenvalue weighted by Crippen LogP contribution is -2.34. The predicted octanol–water partition coefficient (Wildman–Crippen LogP) is 2.39. The van der Waals surface area contributed by atoms with Crippen molar-refractivity contribution in [3.8, 4) is 11.5 Å². The Morgan fingerprint density at radius 1 is 1.13 bits per heavy atom. The normalized spacial score (nSPS) is 10.7. The van der Waals surface area contributed by atoms with Crippen LogP contribution in [0.25, 0.3) is 0 Å². The summed E-state index contributed by atoms with van der Waals surface area (Å²) in [6.45, 7) is 5.87. The Hall–Kier alpha value is -2.44. The molecule has 7 heteroatoms. The number of carbonyl (C=O) groups excluding carboxylic acids is 2. The molecule has 0 aromatic heterocycles. The first-order valence-corrected chi connectivity index (χ1v) is 7.13. The summed E-state index contributed by atoms with van der Waals surface area (Å²) in [6.07, 6.45) is -0.505. The maximum absolute atomic E-state index is 11.5. The first kappa shape index (κ1) is 18.6. The molecule has 0 aliphatic rings. The second kappa shape index (κ2) is 8.26. The van der Waals surface area contributed by atoms with Crippen LogP contribution in [0.1, 0.15) is 31.1 Å². The molecular formula is C16H23NO6.